The first-order valence-electron chi connectivity index (χ1n) is 17.3. The number of rotatable bonds is 12. The van der Waals surface area contributed by atoms with Crippen LogP contribution in [0.3, 0.4) is 0 Å². The number of ketones is 1. The van der Waals surface area contributed by atoms with Gasteiger partial charge in [-0.1, -0.05) is 73.1 Å². The third-order valence-corrected chi connectivity index (χ3v) is 11.2. The second-order valence-electron chi connectivity index (χ2n) is 16.0. The lowest BCUT2D eigenvalue weighted by Gasteiger charge is -2.39. The molecule has 3 aliphatic carbocycles. The molecule has 5 N–H and O–H groups in total. The molecule has 264 valence electrons. The van der Waals surface area contributed by atoms with E-state index in [2.05, 4.69) is 16.0 Å². The van der Waals surface area contributed by atoms with Crippen molar-refractivity contribution in [3.63, 3.8) is 0 Å². The molecule has 0 aromatic carbocycles. The van der Waals surface area contributed by atoms with Crippen molar-refractivity contribution in [1.82, 2.24) is 20.9 Å². The van der Waals surface area contributed by atoms with Crippen molar-refractivity contribution in [2.45, 2.75) is 123 Å². The Morgan fingerprint density at radius 1 is 1.04 bits per heavy atom. The number of primary amides is 1. The van der Waals surface area contributed by atoms with Gasteiger partial charge in [-0.05, 0) is 53.9 Å². The van der Waals surface area contributed by atoms with E-state index in [1.165, 1.54) is 17.4 Å². The predicted octanol–water partition coefficient (Wildman–Crippen LogP) is 2.95. The maximum Gasteiger partial charge on any atom is 0.332 e. The van der Waals surface area contributed by atoms with Gasteiger partial charge in [0, 0.05) is 12.1 Å². The van der Waals surface area contributed by atoms with Crippen molar-refractivity contribution >= 4 is 35.5 Å². The molecule has 1 saturated heterocycles. The number of hydrogen-bond donors (Lipinski definition) is 4. The average molecular weight is 670 g/mol. The minimum Gasteiger partial charge on any atom is -0.472 e. The van der Waals surface area contributed by atoms with E-state index in [4.69, 9.17) is 14.9 Å². The molecule has 4 aliphatic rings. The molecule has 1 aliphatic heterocycles. The number of hydrogen-bond acceptors (Lipinski definition) is 8. The summed E-state index contributed by atoms with van der Waals surface area (Å²) >= 11 is 0. The lowest BCUT2D eigenvalue weighted by atomic mass is 9.80. The molecular formula is C35H51N5O8. The molecule has 5 rings (SSSR count). The van der Waals surface area contributed by atoms with Crippen LogP contribution < -0.4 is 21.7 Å². The zero-order valence-electron chi connectivity index (χ0n) is 28.8. The molecule has 3 saturated carbocycles. The summed E-state index contributed by atoms with van der Waals surface area (Å²) in [4.78, 5) is 81.5. The molecule has 48 heavy (non-hydrogen) atoms. The molecule has 0 bridgehead atoms. The van der Waals surface area contributed by atoms with Crippen molar-refractivity contribution in [3.8, 4) is 0 Å². The highest BCUT2D eigenvalue weighted by Gasteiger charge is 2.70. The maximum absolute atomic E-state index is 14.4. The molecular weight excluding hydrogens is 618 g/mol. The van der Waals surface area contributed by atoms with Crippen LogP contribution in [0.2, 0.25) is 0 Å². The first-order valence-corrected chi connectivity index (χ1v) is 17.3. The molecule has 1 aromatic rings. The van der Waals surface area contributed by atoms with Gasteiger partial charge < -0.3 is 35.7 Å². The fourth-order valence-corrected chi connectivity index (χ4v) is 7.93. The van der Waals surface area contributed by atoms with E-state index in [9.17, 15) is 28.8 Å². The minimum absolute atomic E-state index is 0.00707. The Labute approximate surface area is 281 Å². The Bertz CT molecular complexity index is 1410. The number of piperidine rings is 1. The van der Waals surface area contributed by atoms with Gasteiger partial charge in [0.1, 0.15) is 24.2 Å². The second-order valence-corrected chi connectivity index (χ2v) is 16.0. The van der Waals surface area contributed by atoms with Gasteiger partial charge in [-0.25, -0.2) is 9.59 Å². The van der Waals surface area contributed by atoms with E-state index in [0.29, 0.717) is 31.4 Å². The van der Waals surface area contributed by atoms with E-state index in [-0.39, 0.29) is 29.8 Å². The quantitative estimate of drug-likeness (QED) is 0.193. The van der Waals surface area contributed by atoms with Gasteiger partial charge in [0.2, 0.25) is 17.6 Å². The number of carbonyl (C=O) groups excluding carboxylic acids is 6. The third kappa shape index (κ3) is 7.24. The Morgan fingerprint density at radius 2 is 1.73 bits per heavy atom. The zero-order chi connectivity index (χ0) is 35.0. The summed E-state index contributed by atoms with van der Waals surface area (Å²) in [5.41, 5.74) is 3.81. The SMILES string of the molecule is CC(C)(C)[C@H](NC(=O)NC1(C(=O)OCc2ccoc2)CCCCC1)C(=O)N1C[C@H]2[C@@H]([C@H]1C(=O)NC(CC1CCC1)C(=O)C(N)=O)C2(C)C. The molecule has 5 atom stereocenters. The van der Waals surface area contributed by atoms with Gasteiger partial charge in [-0.15, -0.1) is 0 Å². The fourth-order valence-electron chi connectivity index (χ4n) is 7.93. The van der Waals surface area contributed by atoms with E-state index < -0.39 is 64.6 Å². The van der Waals surface area contributed by atoms with Gasteiger partial charge in [0.05, 0.1) is 18.6 Å². The molecule has 1 unspecified atom stereocenters. The van der Waals surface area contributed by atoms with Crippen molar-refractivity contribution in [2.75, 3.05) is 6.54 Å². The summed E-state index contributed by atoms with van der Waals surface area (Å²) in [6.07, 6.45) is 9.33. The Balaban J connectivity index is 1.32. The smallest absolute Gasteiger partial charge is 0.332 e. The number of nitrogens with zero attached hydrogens (tertiary/aromatic N) is 1. The van der Waals surface area contributed by atoms with Gasteiger partial charge >= 0.3 is 12.0 Å². The normalized spacial score (nSPS) is 25.4. The Morgan fingerprint density at radius 3 is 2.29 bits per heavy atom. The number of fused-ring (bicyclic) bond motifs is 1. The van der Waals surface area contributed by atoms with Crippen LogP contribution in [0, 0.1) is 28.6 Å². The monoisotopic (exact) mass is 669 g/mol. The van der Waals surface area contributed by atoms with Crippen molar-refractivity contribution < 1.29 is 37.9 Å². The molecule has 1 aromatic heterocycles. The molecule has 2 heterocycles. The van der Waals surface area contributed by atoms with Crippen LogP contribution in [0.4, 0.5) is 4.79 Å². The predicted molar refractivity (Wildman–Crippen MR) is 174 cm³/mol. The summed E-state index contributed by atoms with van der Waals surface area (Å²) in [5.74, 6) is -3.31. The van der Waals surface area contributed by atoms with Crippen LogP contribution in [0.15, 0.2) is 23.0 Å². The highest BCUT2D eigenvalue weighted by Crippen LogP contribution is 2.65. The van der Waals surface area contributed by atoms with Crippen molar-refractivity contribution in [1.29, 1.82) is 0 Å². The Hall–Kier alpha value is -3.90. The van der Waals surface area contributed by atoms with Gasteiger partial charge in [-0.3, -0.25) is 19.2 Å². The largest absolute Gasteiger partial charge is 0.472 e. The Kier molecular flexibility index (Phi) is 9.99. The van der Waals surface area contributed by atoms with Gasteiger partial charge in [-0.2, -0.15) is 0 Å². The first-order chi connectivity index (χ1) is 22.5. The van der Waals surface area contributed by atoms with Gasteiger partial charge in [0.15, 0.2) is 0 Å². The van der Waals surface area contributed by atoms with E-state index in [0.717, 1.165) is 38.5 Å². The lowest BCUT2D eigenvalue weighted by Crippen LogP contribution is -2.64. The second kappa shape index (κ2) is 13.5. The number of esters is 1. The highest BCUT2D eigenvalue weighted by molar-refractivity contribution is 6.37. The summed E-state index contributed by atoms with van der Waals surface area (Å²) in [5, 5.41) is 8.51. The minimum atomic E-state index is -1.25. The van der Waals surface area contributed by atoms with E-state index in [1.807, 2.05) is 34.6 Å². The van der Waals surface area contributed by atoms with Crippen LogP contribution in [-0.4, -0.2) is 70.6 Å². The highest BCUT2D eigenvalue weighted by atomic mass is 16.5. The number of urea groups is 1. The average Bonchev–Trinajstić information content (AvgIpc) is 3.44. The molecule has 13 heteroatoms. The molecule has 4 fully saturated rings. The molecule has 0 spiro atoms. The lowest BCUT2D eigenvalue weighted by molar-refractivity contribution is -0.154. The van der Waals surface area contributed by atoms with Crippen LogP contribution in [0.25, 0.3) is 0 Å². The number of furan rings is 1. The number of Topliss-reactive ketones (excluding diaryl/α,β-unsaturated/α-hetero) is 1. The number of nitrogens with two attached hydrogens (primary N) is 1. The molecule has 13 nitrogen and oxygen atoms in total. The molecule has 0 radical (unpaired) electrons. The van der Waals surface area contributed by atoms with E-state index in [1.54, 1.807) is 6.07 Å². The summed E-state index contributed by atoms with van der Waals surface area (Å²) < 4.78 is 10.7. The first kappa shape index (κ1) is 35.4. The van der Waals surface area contributed by atoms with Crippen LogP contribution in [0.5, 0.6) is 0 Å². The number of carbonyl (C=O) groups is 6. The summed E-state index contributed by atoms with van der Waals surface area (Å²) in [6, 6.07) is -1.97. The summed E-state index contributed by atoms with van der Waals surface area (Å²) in [6.45, 7) is 9.88. The number of nitrogens with one attached hydrogen (secondary N) is 3. The maximum atomic E-state index is 14.4. The van der Waals surface area contributed by atoms with Crippen LogP contribution in [0.1, 0.15) is 98.0 Å². The third-order valence-electron chi connectivity index (χ3n) is 11.2. The zero-order valence-corrected chi connectivity index (χ0v) is 28.8. The molecule has 5 amide bonds. The number of amides is 5. The topological polar surface area (TPSA) is 190 Å². The standard InChI is InChI=1S/C35H51N5O8/c1-33(2,3)27(38-32(46)39-35(13-7-6-8-14-35)31(45)48-19-21-12-15-47-18-21)30(44)40-17-22-24(34(22,4)5)25(40)29(43)37-23(26(41)28(36)42)16-20-10-9-11-20/h12,15,18,20,22-25,27H,6-11,13-14,16-17,19H2,1-5H3,(H2,36,42)(H,37,43)(H2,38,39,46)/t22-,23?,24-,25-,27+/m0/s1. The van der Waals surface area contributed by atoms with Crippen molar-refractivity contribution in [2.24, 2.45) is 34.3 Å². The summed E-state index contributed by atoms with van der Waals surface area (Å²) in [7, 11) is 0. The fraction of sp³-hybridized carbons (Fsp3) is 0.714. The van der Waals surface area contributed by atoms with E-state index >= 15 is 0 Å². The number of likely N-dealkylation sites (tertiary alicyclic amines) is 1. The van der Waals surface area contributed by atoms with Crippen LogP contribution in [-0.2, 0) is 35.3 Å². The van der Waals surface area contributed by atoms with Crippen molar-refractivity contribution in [3.05, 3.63) is 24.2 Å². The number of ether oxygens (including phenoxy) is 1. The van der Waals surface area contributed by atoms with Crippen LogP contribution >= 0.6 is 0 Å². The van der Waals surface area contributed by atoms with Gasteiger partial charge in [0.25, 0.3) is 5.91 Å².